The first kappa shape index (κ1) is 11.2. The van der Waals surface area contributed by atoms with Crippen molar-refractivity contribution >= 4 is 39.2 Å². The molecule has 18 heavy (non-hydrogen) atoms. The molecule has 7 heteroatoms. The van der Waals surface area contributed by atoms with Gasteiger partial charge in [-0.05, 0) is 12.1 Å². The lowest BCUT2D eigenvalue weighted by Crippen LogP contribution is -2.50. The molecule has 0 radical (unpaired) electrons. The Morgan fingerprint density at radius 3 is 2.94 bits per heavy atom. The van der Waals surface area contributed by atoms with Crippen molar-refractivity contribution in [2.45, 2.75) is 6.42 Å². The van der Waals surface area contributed by atoms with Crippen LogP contribution in [0, 0.1) is 0 Å². The van der Waals surface area contributed by atoms with E-state index in [1.165, 1.54) is 4.90 Å². The Morgan fingerprint density at radius 1 is 1.33 bits per heavy atom. The first-order valence-electron chi connectivity index (χ1n) is 5.38. The number of nitrogens with one attached hydrogen (secondary N) is 1. The van der Waals surface area contributed by atoms with Crippen LogP contribution < -0.4 is 10.2 Å². The summed E-state index contributed by atoms with van der Waals surface area (Å²) in [7, 11) is 0. The number of fused-ring (bicyclic) bond motifs is 1. The normalized spacial score (nSPS) is 16.2. The highest BCUT2D eigenvalue weighted by Crippen LogP contribution is 2.24. The SMILES string of the molecule is O=C1CCN(c2cc(Br)cc3cncn23)C(=O)N1. The number of aromatic nitrogens is 2. The third-order valence-electron chi connectivity index (χ3n) is 2.80. The number of amides is 3. The number of hydrogen-bond donors (Lipinski definition) is 1. The summed E-state index contributed by atoms with van der Waals surface area (Å²) < 4.78 is 2.66. The van der Waals surface area contributed by atoms with E-state index in [-0.39, 0.29) is 5.91 Å². The van der Waals surface area contributed by atoms with Crippen LogP contribution in [0.2, 0.25) is 0 Å². The summed E-state index contributed by atoms with van der Waals surface area (Å²) in [5.41, 5.74) is 0.879. The van der Waals surface area contributed by atoms with E-state index in [0.717, 1.165) is 9.99 Å². The number of halogens is 1. The number of carbonyl (C=O) groups excluding carboxylic acids is 2. The fourth-order valence-corrected chi connectivity index (χ4v) is 2.41. The molecule has 0 spiro atoms. The van der Waals surface area contributed by atoms with Gasteiger partial charge in [-0.1, -0.05) is 15.9 Å². The summed E-state index contributed by atoms with van der Waals surface area (Å²) in [5.74, 6) is 0.440. The van der Waals surface area contributed by atoms with Crippen molar-refractivity contribution in [2.75, 3.05) is 11.4 Å². The molecular weight excluding hydrogens is 300 g/mol. The first-order valence-corrected chi connectivity index (χ1v) is 6.17. The van der Waals surface area contributed by atoms with Crippen molar-refractivity contribution in [2.24, 2.45) is 0 Å². The minimum atomic E-state index is -0.403. The smallest absolute Gasteiger partial charge is 0.285 e. The Bertz CT molecular complexity index is 652. The standard InChI is InChI=1S/C11H9BrN4O2/c12-7-3-8-5-13-6-16(8)10(4-7)15-2-1-9(17)14-11(15)18/h3-6H,1-2H2,(H,14,17,18). The van der Waals surface area contributed by atoms with Gasteiger partial charge in [0, 0.05) is 17.4 Å². The molecule has 3 heterocycles. The predicted octanol–water partition coefficient (Wildman–Crippen LogP) is 1.54. The number of anilines is 1. The van der Waals surface area contributed by atoms with Crippen LogP contribution in [0.5, 0.6) is 0 Å². The molecule has 0 atom stereocenters. The fourth-order valence-electron chi connectivity index (χ4n) is 1.97. The molecule has 3 amide bonds. The van der Waals surface area contributed by atoms with Gasteiger partial charge in [-0.2, -0.15) is 0 Å². The van der Waals surface area contributed by atoms with Crippen molar-refractivity contribution in [3.05, 3.63) is 29.1 Å². The Morgan fingerprint density at radius 2 is 2.17 bits per heavy atom. The van der Waals surface area contributed by atoms with Gasteiger partial charge in [0.1, 0.15) is 12.1 Å². The van der Waals surface area contributed by atoms with Crippen molar-refractivity contribution < 1.29 is 9.59 Å². The number of imidazole rings is 1. The molecule has 2 aromatic rings. The fraction of sp³-hybridized carbons (Fsp3) is 0.182. The van der Waals surface area contributed by atoms with Gasteiger partial charge in [0.15, 0.2) is 0 Å². The van der Waals surface area contributed by atoms with Gasteiger partial charge in [-0.15, -0.1) is 0 Å². The molecular formula is C11H9BrN4O2. The number of rotatable bonds is 1. The van der Waals surface area contributed by atoms with Gasteiger partial charge in [-0.25, -0.2) is 9.78 Å². The molecule has 92 valence electrons. The zero-order valence-electron chi connectivity index (χ0n) is 9.26. The largest absolute Gasteiger partial charge is 0.329 e. The Kier molecular flexibility index (Phi) is 2.55. The van der Waals surface area contributed by atoms with E-state index in [0.29, 0.717) is 18.8 Å². The maximum absolute atomic E-state index is 11.8. The van der Waals surface area contributed by atoms with Crippen LogP contribution in [-0.2, 0) is 4.79 Å². The molecule has 1 saturated heterocycles. The second-order valence-corrected chi connectivity index (χ2v) is 4.89. The van der Waals surface area contributed by atoms with Crippen LogP contribution >= 0.6 is 15.9 Å². The quantitative estimate of drug-likeness (QED) is 0.869. The van der Waals surface area contributed by atoms with Crippen LogP contribution in [0.1, 0.15) is 6.42 Å². The third kappa shape index (κ3) is 1.76. The topological polar surface area (TPSA) is 66.7 Å². The minimum absolute atomic E-state index is 0.242. The maximum Gasteiger partial charge on any atom is 0.329 e. The maximum atomic E-state index is 11.8. The Labute approximate surface area is 111 Å². The lowest BCUT2D eigenvalue weighted by atomic mass is 10.3. The lowest BCUT2D eigenvalue weighted by Gasteiger charge is -2.27. The molecule has 6 nitrogen and oxygen atoms in total. The van der Waals surface area contributed by atoms with Gasteiger partial charge in [0.2, 0.25) is 5.91 Å². The molecule has 0 saturated carbocycles. The van der Waals surface area contributed by atoms with Crippen molar-refractivity contribution in [3.63, 3.8) is 0 Å². The highest BCUT2D eigenvalue weighted by molar-refractivity contribution is 9.10. The van der Waals surface area contributed by atoms with Crippen molar-refractivity contribution in [1.82, 2.24) is 14.7 Å². The molecule has 1 aliphatic rings. The van der Waals surface area contributed by atoms with E-state index in [4.69, 9.17) is 0 Å². The molecule has 3 rings (SSSR count). The second kappa shape index (κ2) is 4.09. The number of nitrogens with zero attached hydrogens (tertiary/aromatic N) is 3. The van der Waals surface area contributed by atoms with Gasteiger partial charge < -0.3 is 0 Å². The number of imide groups is 1. The van der Waals surface area contributed by atoms with Crippen LogP contribution in [0.25, 0.3) is 5.52 Å². The lowest BCUT2D eigenvalue weighted by molar-refractivity contribution is -0.120. The molecule has 0 aromatic carbocycles. The number of hydrogen-bond acceptors (Lipinski definition) is 3. The summed E-state index contributed by atoms with van der Waals surface area (Å²) >= 11 is 3.40. The van der Waals surface area contributed by atoms with Crippen LogP contribution in [-0.4, -0.2) is 27.9 Å². The molecule has 0 aliphatic carbocycles. The zero-order valence-corrected chi connectivity index (χ0v) is 10.8. The molecule has 1 N–H and O–H groups in total. The zero-order chi connectivity index (χ0) is 12.7. The third-order valence-corrected chi connectivity index (χ3v) is 3.26. The highest BCUT2D eigenvalue weighted by atomic mass is 79.9. The molecule has 2 aromatic heterocycles. The second-order valence-electron chi connectivity index (χ2n) is 3.98. The summed E-state index contributed by atoms with van der Waals surface area (Å²) in [4.78, 5) is 28.6. The van der Waals surface area contributed by atoms with E-state index >= 15 is 0 Å². The van der Waals surface area contributed by atoms with Gasteiger partial charge in [0.25, 0.3) is 0 Å². The summed E-state index contributed by atoms with van der Waals surface area (Å²) in [6, 6.07) is 3.33. The monoisotopic (exact) mass is 308 g/mol. The molecule has 1 aliphatic heterocycles. The van der Waals surface area contributed by atoms with E-state index in [9.17, 15) is 9.59 Å². The minimum Gasteiger partial charge on any atom is -0.285 e. The van der Waals surface area contributed by atoms with Gasteiger partial charge in [-0.3, -0.25) is 19.4 Å². The molecule has 1 fully saturated rings. The van der Waals surface area contributed by atoms with E-state index < -0.39 is 6.03 Å². The number of urea groups is 1. The van der Waals surface area contributed by atoms with Gasteiger partial charge in [0.05, 0.1) is 11.7 Å². The van der Waals surface area contributed by atoms with E-state index in [1.54, 1.807) is 16.9 Å². The van der Waals surface area contributed by atoms with E-state index in [1.807, 2.05) is 12.1 Å². The first-order chi connectivity index (χ1) is 8.65. The average molecular weight is 309 g/mol. The summed E-state index contributed by atoms with van der Waals surface area (Å²) in [6.07, 6.45) is 3.65. The Balaban J connectivity index is 2.11. The van der Waals surface area contributed by atoms with Crippen LogP contribution in [0.15, 0.2) is 29.1 Å². The van der Waals surface area contributed by atoms with Crippen molar-refractivity contribution in [3.8, 4) is 0 Å². The highest BCUT2D eigenvalue weighted by Gasteiger charge is 2.26. The summed E-state index contributed by atoms with van der Waals surface area (Å²) in [6.45, 7) is 0.369. The van der Waals surface area contributed by atoms with Crippen LogP contribution in [0.4, 0.5) is 10.6 Å². The Hall–Kier alpha value is -1.89. The summed E-state index contributed by atoms with van der Waals surface area (Å²) in [5, 5.41) is 2.30. The van der Waals surface area contributed by atoms with Crippen LogP contribution in [0.3, 0.4) is 0 Å². The molecule has 0 bridgehead atoms. The average Bonchev–Trinajstić information content (AvgIpc) is 2.76. The van der Waals surface area contributed by atoms with Gasteiger partial charge >= 0.3 is 6.03 Å². The van der Waals surface area contributed by atoms with E-state index in [2.05, 4.69) is 26.2 Å². The predicted molar refractivity (Wildman–Crippen MR) is 68.4 cm³/mol. The number of pyridine rings is 1. The van der Waals surface area contributed by atoms with Crippen molar-refractivity contribution in [1.29, 1.82) is 0 Å². The molecule has 0 unspecified atom stereocenters. The number of carbonyl (C=O) groups is 2.